The predicted molar refractivity (Wildman–Crippen MR) is 196 cm³/mol. The van der Waals surface area contributed by atoms with E-state index in [1.165, 1.54) is 29.2 Å². The number of rotatable bonds is 17. The van der Waals surface area contributed by atoms with Crippen LogP contribution in [-0.2, 0) is 46.5 Å². The first-order valence-corrected chi connectivity index (χ1v) is 20.3. The van der Waals surface area contributed by atoms with Crippen molar-refractivity contribution in [1.82, 2.24) is 34.4 Å². The highest BCUT2D eigenvalue weighted by Crippen LogP contribution is 2.50. The summed E-state index contributed by atoms with van der Waals surface area (Å²) in [4.78, 5) is 84.4. The van der Waals surface area contributed by atoms with Gasteiger partial charge in [0.2, 0.25) is 5.91 Å². The molecule has 58 heavy (non-hydrogen) atoms. The summed E-state index contributed by atoms with van der Waals surface area (Å²) >= 11 is 0. The summed E-state index contributed by atoms with van der Waals surface area (Å²) in [6.07, 6.45) is -5.30. The van der Waals surface area contributed by atoms with Crippen molar-refractivity contribution in [2.75, 3.05) is 24.7 Å². The molecule has 0 aliphatic carbocycles. The maximum atomic E-state index is 13.9. The number of anilines is 2. The standard InChI is InChI=1S/C32H39N9O15P2/c1-2-3-9-22(42)39-24(17-7-5-4-6-8-17)31(44)55-27-20(54-30(26(27)43)41-16-37-25-28(34)35-15-36-29(25)41)14-52-58(49,50)56-18-12-23(40-11-10-21(33)38-32(40)45)53-19(18)13-51-57(46,47)48/h2,4-8,10-11,15-16,18-20,23-24,26-27,30,43H,1,3,9,12-14H2,(H,39,42)(H,49,50)(H2,33,38,45)(H2,34,35,36)(H2,46,47,48)/t18-,19-,20-,23+,24?,26+,27+,30+/m0/s1. The van der Waals surface area contributed by atoms with E-state index in [9.17, 15) is 43.3 Å². The first-order valence-electron chi connectivity index (χ1n) is 17.3. The molecule has 6 rings (SSSR count). The van der Waals surface area contributed by atoms with Gasteiger partial charge in [0.15, 0.2) is 29.8 Å². The summed E-state index contributed by atoms with van der Waals surface area (Å²) in [5, 5.41) is 14.3. The average molecular weight is 852 g/mol. The van der Waals surface area contributed by atoms with Crippen molar-refractivity contribution in [1.29, 1.82) is 0 Å². The monoisotopic (exact) mass is 851 g/mol. The van der Waals surface area contributed by atoms with Crippen molar-refractivity contribution < 1.29 is 66.3 Å². The highest BCUT2D eigenvalue weighted by atomic mass is 31.2. The predicted octanol–water partition coefficient (Wildman–Crippen LogP) is 0.140. The Hall–Kier alpha value is -4.97. The van der Waals surface area contributed by atoms with Crippen LogP contribution in [0.4, 0.5) is 11.6 Å². The Morgan fingerprint density at radius 1 is 1.03 bits per heavy atom. The fourth-order valence-electron chi connectivity index (χ4n) is 6.19. The van der Waals surface area contributed by atoms with Gasteiger partial charge >= 0.3 is 27.3 Å². The SMILES string of the molecule is C=CCCC(=O)NC(C(=O)O[C@H]1[C@@H](O)[C@H](n2cnc3c(N)ncnc32)O[C@H]1COP(=O)(O)O[C@H]1C[C@H](n2ccc(N)nc2=O)O[C@H]1COP(=O)(O)O)c1ccccc1. The molecule has 0 bridgehead atoms. The average Bonchev–Trinajstić information content (AvgIpc) is 3.86. The molecule has 2 aliphatic heterocycles. The van der Waals surface area contributed by atoms with E-state index < -0.39 is 95.4 Å². The molecule has 0 saturated carbocycles. The number of nitrogens with one attached hydrogen (secondary N) is 1. The Labute approximate surface area is 327 Å². The second kappa shape index (κ2) is 17.9. The molecular weight excluding hydrogens is 812 g/mol. The molecule has 2 saturated heterocycles. The van der Waals surface area contributed by atoms with Crippen LogP contribution in [0.15, 0.2) is 72.7 Å². The molecule has 1 amide bonds. The first kappa shape index (κ1) is 42.6. The lowest BCUT2D eigenvalue weighted by Gasteiger charge is -2.25. The second-order valence-corrected chi connectivity index (χ2v) is 15.5. The van der Waals surface area contributed by atoms with Gasteiger partial charge in [0.05, 0.1) is 19.5 Å². The van der Waals surface area contributed by atoms with E-state index in [0.29, 0.717) is 12.0 Å². The fourth-order valence-corrected chi connectivity index (χ4v) is 7.50. The molecule has 2 unspecified atom stereocenters. The highest BCUT2D eigenvalue weighted by Gasteiger charge is 2.50. The maximum Gasteiger partial charge on any atom is 0.472 e. The third kappa shape index (κ3) is 10.2. The van der Waals surface area contributed by atoms with Crippen molar-refractivity contribution in [2.24, 2.45) is 0 Å². The number of aliphatic hydroxyl groups is 1. The molecule has 9 N–H and O–H groups in total. The minimum atomic E-state index is -5.21. The Morgan fingerprint density at radius 2 is 1.78 bits per heavy atom. The number of phosphoric acid groups is 2. The van der Waals surface area contributed by atoms with E-state index in [1.54, 1.807) is 30.3 Å². The Balaban J connectivity index is 1.24. The van der Waals surface area contributed by atoms with Gasteiger partial charge in [-0.05, 0) is 18.1 Å². The number of allylic oxidation sites excluding steroid dienone is 1. The van der Waals surface area contributed by atoms with Crippen molar-refractivity contribution in [3.05, 3.63) is 84.0 Å². The third-order valence-corrected chi connectivity index (χ3v) is 10.4. The summed E-state index contributed by atoms with van der Waals surface area (Å²) in [6, 6.07) is 8.01. The van der Waals surface area contributed by atoms with Gasteiger partial charge in [-0.25, -0.2) is 33.7 Å². The molecule has 4 aromatic rings. The van der Waals surface area contributed by atoms with E-state index in [0.717, 1.165) is 10.9 Å². The van der Waals surface area contributed by atoms with Gasteiger partial charge in [0.25, 0.3) is 0 Å². The van der Waals surface area contributed by atoms with Gasteiger partial charge < -0.3 is 50.8 Å². The Morgan fingerprint density at radius 3 is 2.48 bits per heavy atom. The van der Waals surface area contributed by atoms with E-state index in [4.69, 9.17) is 34.7 Å². The number of esters is 1. The number of phosphoric ester groups is 2. The molecule has 26 heteroatoms. The molecule has 0 spiro atoms. The van der Waals surface area contributed by atoms with Crippen molar-refractivity contribution in [3.63, 3.8) is 0 Å². The molecule has 2 aliphatic rings. The highest BCUT2D eigenvalue weighted by molar-refractivity contribution is 7.47. The van der Waals surface area contributed by atoms with Crippen molar-refractivity contribution in [3.8, 4) is 0 Å². The number of nitrogens with two attached hydrogens (primary N) is 2. The quantitative estimate of drug-likeness (QED) is 0.0422. The molecule has 24 nitrogen and oxygen atoms in total. The van der Waals surface area contributed by atoms with Crippen LogP contribution in [-0.4, -0.2) is 104 Å². The number of nitrogen functional groups attached to an aromatic ring is 2. The lowest BCUT2D eigenvalue weighted by molar-refractivity contribution is -0.160. The van der Waals surface area contributed by atoms with Gasteiger partial charge in [0, 0.05) is 19.0 Å². The maximum absolute atomic E-state index is 13.9. The summed E-state index contributed by atoms with van der Waals surface area (Å²) in [6.45, 7) is 1.87. The van der Waals surface area contributed by atoms with Crippen molar-refractivity contribution in [2.45, 2.75) is 68.3 Å². The number of fused-ring (bicyclic) bond motifs is 1. The van der Waals surface area contributed by atoms with Gasteiger partial charge in [-0.2, -0.15) is 4.98 Å². The topological polar surface area (TPSA) is 347 Å². The zero-order chi connectivity index (χ0) is 41.8. The number of amides is 1. The molecule has 5 heterocycles. The number of hydrogen-bond acceptors (Lipinski definition) is 18. The van der Waals surface area contributed by atoms with Crippen LogP contribution in [0.5, 0.6) is 0 Å². The van der Waals surface area contributed by atoms with Crippen LogP contribution < -0.4 is 22.5 Å². The number of ether oxygens (including phenoxy) is 3. The number of aromatic nitrogens is 6. The summed E-state index contributed by atoms with van der Waals surface area (Å²) in [5.74, 6) is -1.63. The number of carbonyl (C=O) groups is 2. The van der Waals surface area contributed by atoms with Crippen LogP contribution >= 0.6 is 15.6 Å². The molecular formula is C32H39N9O15P2. The lowest BCUT2D eigenvalue weighted by Crippen LogP contribution is -2.42. The van der Waals surface area contributed by atoms with Crippen LogP contribution in [0, 0.1) is 0 Å². The van der Waals surface area contributed by atoms with E-state index >= 15 is 0 Å². The van der Waals surface area contributed by atoms with Gasteiger partial charge in [0.1, 0.15) is 48.3 Å². The number of nitrogens with zero attached hydrogens (tertiary/aromatic N) is 6. The second-order valence-electron chi connectivity index (χ2n) is 12.9. The van der Waals surface area contributed by atoms with Crippen LogP contribution in [0.1, 0.15) is 43.3 Å². The normalized spacial score (nSPS) is 24.9. The molecule has 0 radical (unpaired) electrons. The zero-order valence-corrected chi connectivity index (χ0v) is 31.9. The molecule has 312 valence electrons. The Kier molecular flexibility index (Phi) is 13.1. The first-order chi connectivity index (χ1) is 27.5. The van der Waals surface area contributed by atoms with Gasteiger partial charge in [-0.15, -0.1) is 6.58 Å². The number of benzene rings is 1. The summed E-state index contributed by atoms with van der Waals surface area (Å²) in [7, 11) is -10.3. The summed E-state index contributed by atoms with van der Waals surface area (Å²) < 4.78 is 60.0. The lowest BCUT2D eigenvalue weighted by atomic mass is 10.1. The molecule has 1 aromatic carbocycles. The number of carbonyl (C=O) groups excluding carboxylic acids is 2. The van der Waals surface area contributed by atoms with Gasteiger partial charge in [-0.1, -0.05) is 36.4 Å². The smallest absolute Gasteiger partial charge is 0.455 e. The third-order valence-electron chi connectivity index (χ3n) is 8.89. The fraction of sp³-hybridized carbons (Fsp3) is 0.406. The number of imidazole rings is 1. The van der Waals surface area contributed by atoms with E-state index in [1.807, 2.05) is 0 Å². The largest absolute Gasteiger partial charge is 0.472 e. The Bertz CT molecular complexity index is 2280. The molecule has 3 aromatic heterocycles. The van der Waals surface area contributed by atoms with Crippen molar-refractivity contribution >= 4 is 50.3 Å². The number of aliphatic hydroxyl groups excluding tert-OH is 1. The van der Waals surface area contributed by atoms with E-state index in [-0.39, 0.29) is 35.6 Å². The summed E-state index contributed by atoms with van der Waals surface area (Å²) in [5.41, 5.74) is 11.2. The minimum Gasteiger partial charge on any atom is -0.455 e. The number of hydrogen-bond donors (Lipinski definition) is 7. The van der Waals surface area contributed by atoms with Crippen LogP contribution in [0.2, 0.25) is 0 Å². The van der Waals surface area contributed by atoms with Crippen LogP contribution in [0.25, 0.3) is 11.2 Å². The van der Waals surface area contributed by atoms with Crippen LogP contribution in [0.3, 0.4) is 0 Å². The van der Waals surface area contributed by atoms with E-state index in [2.05, 4.69) is 36.4 Å². The zero-order valence-electron chi connectivity index (χ0n) is 30.1. The van der Waals surface area contributed by atoms with Gasteiger partial charge in [-0.3, -0.25) is 27.5 Å². The minimum absolute atomic E-state index is 0.00494. The molecule has 9 atom stereocenters. The molecule has 2 fully saturated rings.